The molecule has 1 aliphatic heterocycles. The number of piperidine rings is 1. The number of hydrogen-bond donors (Lipinski definition) is 3. The van der Waals surface area contributed by atoms with Crippen LogP contribution in [0.25, 0.3) is 0 Å². The SMILES string of the molecule is Cc1cc(Nc2nc(Nc3cc(C)c(C4CCN(CCC(F)(F)F)CC4)cc3C)ncc2C)n[nH]1. The van der Waals surface area contributed by atoms with Crippen LogP contribution < -0.4 is 10.6 Å². The van der Waals surface area contributed by atoms with Crippen molar-refractivity contribution in [3.63, 3.8) is 0 Å². The Morgan fingerprint density at radius 3 is 2.40 bits per heavy atom. The Morgan fingerprint density at radius 1 is 1.00 bits per heavy atom. The number of likely N-dealkylation sites (tertiary alicyclic amines) is 1. The highest BCUT2D eigenvalue weighted by Gasteiger charge is 2.29. The van der Waals surface area contributed by atoms with Gasteiger partial charge in [0.25, 0.3) is 0 Å². The maximum absolute atomic E-state index is 12.5. The summed E-state index contributed by atoms with van der Waals surface area (Å²) in [5.41, 5.74) is 6.29. The molecule has 1 aliphatic rings. The zero-order valence-corrected chi connectivity index (χ0v) is 20.6. The molecular formula is C25H32F3N7. The fourth-order valence-electron chi connectivity index (χ4n) is 4.52. The van der Waals surface area contributed by atoms with E-state index < -0.39 is 12.6 Å². The Morgan fingerprint density at radius 2 is 1.74 bits per heavy atom. The van der Waals surface area contributed by atoms with Gasteiger partial charge in [0.15, 0.2) is 5.82 Å². The van der Waals surface area contributed by atoms with Gasteiger partial charge in [0.2, 0.25) is 5.95 Å². The highest BCUT2D eigenvalue weighted by Crippen LogP contribution is 2.34. The van der Waals surface area contributed by atoms with Crippen LogP contribution in [-0.2, 0) is 0 Å². The maximum atomic E-state index is 12.5. The second kappa shape index (κ2) is 10.2. The number of benzene rings is 1. The quantitative estimate of drug-likeness (QED) is 0.376. The van der Waals surface area contributed by atoms with Crippen LogP contribution in [0.4, 0.5) is 36.4 Å². The highest BCUT2D eigenvalue weighted by atomic mass is 19.4. The predicted molar refractivity (Wildman–Crippen MR) is 132 cm³/mol. The third-order valence-corrected chi connectivity index (χ3v) is 6.52. The lowest BCUT2D eigenvalue weighted by atomic mass is 9.85. The van der Waals surface area contributed by atoms with Crippen LogP contribution in [0.2, 0.25) is 0 Å². The van der Waals surface area contributed by atoms with E-state index in [4.69, 9.17) is 0 Å². The van der Waals surface area contributed by atoms with Gasteiger partial charge in [-0.3, -0.25) is 5.10 Å². The average molecular weight is 488 g/mol. The Bertz CT molecular complexity index is 1160. The van der Waals surface area contributed by atoms with Crippen molar-refractivity contribution in [1.29, 1.82) is 0 Å². The van der Waals surface area contributed by atoms with E-state index in [1.54, 1.807) is 6.20 Å². The van der Waals surface area contributed by atoms with E-state index in [2.05, 4.69) is 49.9 Å². The topological polar surface area (TPSA) is 81.8 Å². The van der Waals surface area contributed by atoms with Crippen LogP contribution in [0.5, 0.6) is 0 Å². The lowest BCUT2D eigenvalue weighted by Crippen LogP contribution is -2.35. The van der Waals surface area contributed by atoms with Crippen LogP contribution in [-0.4, -0.2) is 50.9 Å². The van der Waals surface area contributed by atoms with Gasteiger partial charge in [0, 0.05) is 35.8 Å². The van der Waals surface area contributed by atoms with Crippen molar-refractivity contribution in [3.05, 3.63) is 52.3 Å². The van der Waals surface area contributed by atoms with Gasteiger partial charge in [-0.2, -0.15) is 23.3 Å². The molecule has 0 amide bonds. The first-order valence-electron chi connectivity index (χ1n) is 11.9. The second-order valence-electron chi connectivity index (χ2n) is 9.42. The molecule has 3 N–H and O–H groups in total. The van der Waals surface area contributed by atoms with Gasteiger partial charge >= 0.3 is 6.18 Å². The van der Waals surface area contributed by atoms with E-state index in [0.29, 0.717) is 36.6 Å². The van der Waals surface area contributed by atoms with E-state index in [1.807, 2.05) is 31.7 Å². The Labute approximate surface area is 203 Å². The molecule has 1 fully saturated rings. The van der Waals surface area contributed by atoms with Crippen LogP contribution in [0, 0.1) is 27.7 Å². The molecule has 0 bridgehead atoms. The summed E-state index contributed by atoms with van der Waals surface area (Å²) in [4.78, 5) is 11.0. The van der Waals surface area contributed by atoms with E-state index >= 15 is 0 Å². The van der Waals surface area contributed by atoms with Crippen molar-refractivity contribution in [2.24, 2.45) is 0 Å². The van der Waals surface area contributed by atoms with Crippen LogP contribution in [0.1, 0.15) is 53.1 Å². The largest absolute Gasteiger partial charge is 0.390 e. The smallest absolute Gasteiger partial charge is 0.324 e. The molecule has 0 saturated carbocycles. The fraction of sp³-hybridized carbons (Fsp3) is 0.480. The molecule has 0 unspecified atom stereocenters. The number of nitrogens with zero attached hydrogens (tertiary/aromatic N) is 4. The maximum Gasteiger partial charge on any atom is 0.390 e. The van der Waals surface area contributed by atoms with Gasteiger partial charge in [0.05, 0.1) is 6.42 Å². The molecular weight excluding hydrogens is 455 g/mol. The van der Waals surface area contributed by atoms with E-state index in [1.165, 1.54) is 5.56 Å². The highest BCUT2D eigenvalue weighted by molar-refractivity contribution is 5.64. The van der Waals surface area contributed by atoms with Crippen LogP contribution in [0.3, 0.4) is 0 Å². The fourth-order valence-corrected chi connectivity index (χ4v) is 4.52. The lowest BCUT2D eigenvalue weighted by Gasteiger charge is -2.33. The van der Waals surface area contributed by atoms with Gasteiger partial charge in [-0.1, -0.05) is 6.07 Å². The summed E-state index contributed by atoms with van der Waals surface area (Å²) in [7, 11) is 0. The van der Waals surface area contributed by atoms with E-state index in [9.17, 15) is 13.2 Å². The monoisotopic (exact) mass is 487 g/mol. The number of hydrogen-bond acceptors (Lipinski definition) is 6. The molecule has 188 valence electrons. The molecule has 10 heteroatoms. The molecule has 0 spiro atoms. The van der Waals surface area contributed by atoms with Gasteiger partial charge in [-0.05, 0) is 82.3 Å². The van der Waals surface area contributed by atoms with Gasteiger partial charge < -0.3 is 15.5 Å². The first kappa shape index (κ1) is 25.0. The number of aryl methyl sites for hydroxylation is 4. The molecule has 1 aromatic carbocycles. The molecule has 7 nitrogen and oxygen atoms in total. The normalized spacial score (nSPS) is 15.4. The Hall–Kier alpha value is -3.14. The molecule has 3 aromatic rings. The minimum atomic E-state index is -4.09. The number of H-pyrrole nitrogens is 1. The number of alkyl halides is 3. The van der Waals surface area contributed by atoms with E-state index in [0.717, 1.165) is 40.9 Å². The molecule has 0 radical (unpaired) electrons. The van der Waals surface area contributed by atoms with Crippen molar-refractivity contribution in [2.75, 3.05) is 30.3 Å². The van der Waals surface area contributed by atoms with Gasteiger partial charge in [0.1, 0.15) is 5.82 Å². The molecule has 1 saturated heterocycles. The van der Waals surface area contributed by atoms with Crippen molar-refractivity contribution in [2.45, 2.75) is 59.1 Å². The van der Waals surface area contributed by atoms with Crippen molar-refractivity contribution in [1.82, 2.24) is 25.1 Å². The second-order valence-corrected chi connectivity index (χ2v) is 9.42. The molecule has 0 atom stereocenters. The first-order chi connectivity index (χ1) is 16.6. The summed E-state index contributed by atoms with van der Waals surface area (Å²) in [5, 5.41) is 13.7. The standard InChI is InChI=1S/C25H32F3N7/c1-15-12-21(30-24-29-14-17(3)23(32-24)31-22-13-18(4)33-34-22)16(2)11-20(15)19-5-8-35(9-6-19)10-7-25(26,27)28/h11-14,19H,5-10H2,1-4H3,(H3,29,30,31,32,33,34). The molecule has 2 aromatic heterocycles. The summed E-state index contributed by atoms with van der Waals surface area (Å²) >= 11 is 0. The minimum Gasteiger partial charge on any atom is -0.324 e. The predicted octanol–water partition coefficient (Wildman–Crippen LogP) is 6.05. The Kier molecular flexibility index (Phi) is 7.30. The summed E-state index contributed by atoms with van der Waals surface area (Å²) in [6.45, 7) is 9.48. The zero-order valence-electron chi connectivity index (χ0n) is 20.6. The number of aromatic amines is 1. The third kappa shape index (κ3) is 6.50. The summed E-state index contributed by atoms with van der Waals surface area (Å²) in [6, 6.07) is 6.20. The van der Waals surface area contributed by atoms with Crippen molar-refractivity contribution < 1.29 is 13.2 Å². The molecule has 35 heavy (non-hydrogen) atoms. The zero-order chi connectivity index (χ0) is 25.2. The average Bonchev–Trinajstić information content (AvgIpc) is 3.21. The number of halogens is 3. The molecule has 4 rings (SSSR count). The van der Waals surface area contributed by atoms with Gasteiger partial charge in [-0.25, -0.2) is 4.98 Å². The van der Waals surface area contributed by atoms with Crippen LogP contribution in [0.15, 0.2) is 24.4 Å². The molecule has 3 heterocycles. The van der Waals surface area contributed by atoms with Crippen molar-refractivity contribution in [3.8, 4) is 0 Å². The lowest BCUT2D eigenvalue weighted by molar-refractivity contribution is -0.138. The minimum absolute atomic E-state index is 0.0875. The van der Waals surface area contributed by atoms with E-state index in [-0.39, 0.29) is 6.54 Å². The van der Waals surface area contributed by atoms with Gasteiger partial charge in [-0.15, -0.1) is 0 Å². The third-order valence-electron chi connectivity index (χ3n) is 6.52. The summed E-state index contributed by atoms with van der Waals surface area (Å²) in [5.74, 6) is 2.21. The number of rotatable bonds is 7. The number of nitrogens with one attached hydrogen (secondary N) is 3. The summed E-state index contributed by atoms with van der Waals surface area (Å²) < 4.78 is 37.6. The van der Waals surface area contributed by atoms with Crippen molar-refractivity contribution >= 4 is 23.3 Å². The first-order valence-corrected chi connectivity index (χ1v) is 11.9. The number of anilines is 4. The molecule has 0 aliphatic carbocycles. The van der Waals surface area contributed by atoms with Crippen LogP contribution >= 0.6 is 0 Å². The summed E-state index contributed by atoms with van der Waals surface area (Å²) in [6.07, 6.45) is -1.33. The Balaban J connectivity index is 1.43. The number of aromatic nitrogens is 4.